The Hall–Kier alpha value is -3.35. The molecule has 1 amide bonds. The van der Waals surface area contributed by atoms with Crippen molar-refractivity contribution in [3.8, 4) is 11.6 Å². The van der Waals surface area contributed by atoms with Crippen molar-refractivity contribution in [1.82, 2.24) is 15.1 Å². The van der Waals surface area contributed by atoms with Gasteiger partial charge in [-0.25, -0.2) is 4.68 Å². The highest BCUT2D eigenvalue weighted by atomic mass is 16.5. The molecular weight excluding hydrogens is 334 g/mol. The topological polar surface area (TPSA) is 86.4 Å². The molecule has 2 aromatic heterocycles. The Morgan fingerprint density at radius 1 is 1.27 bits per heavy atom. The Morgan fingerprint density at radius 3 is 2.69 bits per heavy atom. The number of carbonyl (C=O) groups excluding carboxylic acids is 1. The van der Waals surface area contributed by atoms with Gasteiger partial charge in [-0.1, -0.05) is 17.7 Å². The second kappa shape index (κ2) is 7.69. The molecule has 0 saturated carbocycles. The van der Waals surface area contributed by atoms with Gasteiger partial charge in [0, 0.05) is 0 Å². The molecule has 0 aliphatic carbocycles. The molecule has 0 fully saturated rings. The van der Waals surface area contributed by atoms with Gasteiger partial charge in [-0.3, -0.25) is 9.59 Å². The van der Waals surface area contributed by atoms with E-state index < -0.39 is 11.3 Å². The first-order chi connectivity index (χ1) is 12.6. The van der Waals surface area contributed by atoms with Gasteiger partial charge in [0.05, 0.1) is 31.2 Å². The average Bonchev–Trinajstić information content (AvgIpc) is 3.15. The number of aryl methyl sites for hydroxylation is 1. The van der Waals surface area contributed by atoms with Crippen LogP contribution < -0.4 is 15.5 Å². The van der Waals surface area contributed by atoms with E-state index in [-0.39, 0.29) is 18.1 Å². The number of ether oxygens (including phenoxy) is 1. The maximum absolute atomic E-state index is 12.4. The molecule has 1 N–H and O–H groups in total. The number of furan rings is 1. The van der Waals surface area contributed by atoms with Crippen LogP contribution in [0, 0.1) is 6.92 Å². The molecule has 0 aliphatic heterocycles. The molecule has 0 radical (unpaired) electrons. The van der Waals surface area contributed by atoms with Gasteiger partial charge in [-0.2, -0.15) is 5.10 Å². The number of nitrogens with one attached hydrogen (secondary N) is 1. The highest BCUT2D eigenvalue weighted by Crippen LogP contribution is 2.16. The normalized spacial score (nSPS) is 10.5. The van der Waals surface area contributed by atoms with E-state index in [0.29, 0.717) is 18.1 Å². The maximum Gasteiger partial charge on any atom is 0.276 e. The van der Waals surface area contributed by atoms with E-state index in [0.717, 1.165) is 5.56 Å². The fourth-order valence-electron chi connectivity index (χ4n) is 2.38. The summed E-state index contributed by atoms with van der Waals surface area (Å²) < 4.78 is 12.1. The molecule has 0 unspecified atom stereocenters. The number of aromatic nitrogens is 2. The van der Waals surface area contributed by atoms with Gasteiger partial charge in [-0.15, -0.1) is 0 Å². The van der Waals surface area contributed by atoms with Gasteiger partial charge < -0.3 is 14.5 Å². The largest absolute Gasteiger partial charge is 0.478 e. The van der Waals surface area contributed by atoms with Gasteiger partial charge in [-0.05, 0) is 38.1 Å². The van der Waals surface area contributed by atoms with Crippen LogP contribution in [-0.2, 0) is 6.54 Å². The van der Waals surface area contributed by atoms with E-state index in [4.69, 9.17) is 9.15 Å². The van der Waals surface area contributed by atoms with Crippen molar-refractivity contribution in [2.75, 3.05) is 6.61 Å². The van der Waals surface area contributed by atoms with Crippen molar-refractivity contribution in [2.45, 2.75) is 20.4 Å². The standard InChI is InChI=1S/C19H19N3O4/c1-3-25-17-11-16(23)18(19(24)20-12-15-5-4-10-26-15)21-22(17)14-8-6-13(2)7-9-14/h4-11H,3,12H2,1-2H3,(H,20,24). The lowest BCUT2D eigenvalue weighted by atomic mass is 10.2. The van der Waals surface area contributed by atoms with Crippen molar-refractivity contribution >= 4 is 5.91 Å². The summed E-state index contributed by atoms with van der Waals surface area (Å²) in [4.78, 5) is 24.7. The number of rotatable bonds is 6. The van der Waals surface area contributed by atoms with Gasteiger partial charge in [0.2, 0.25) is 11.3 Å². The van der Waals surface area contributed by atoms with Crippen LogP contribution in [0.15, 0.2) is 57.9 Å². The summed E-state index contributed by atoms with van der Waals surface area (Å²) in [5, 5.41) is 6.86. The van der Waals surface area contributed by atoms with Crippen LogP contribution in [0.2, 0.25) is 0 Å². The third-order valence-corrected chi connectivity index (χ3v) is 3.69. The zero-order chi connectivity index (χ0) is 18.5. The lowest BCUT2D eigenvalue weighted by Gasteiger charge is -2.13. The Kier molecular flexibility index (Phi) is 5.17. The number of hydrogen-bond donors (Lipinski definition) is 1. The van der Waals surface area contributed by atoms with Crippen molar-refractivity contribution in [3.63, 3.8) is 0 Å². The van der Waals surface area contributed by atoms with Crippen molar-refractivity contribution in [3.05, 3.63) is 76.0 Å². The molecule has 3 rings (SSSR count). The molecule has 7 heteroatoms. The second-order valence-corrected chi connectivity index (χ2v) is 5.64. The van der Waals surface area contributed by atoms with E-state index in [9.17, 15) is 9.59 Å². The molecule has 0 saturated heterocycles. The van der Waals surface area contributed by atoms with Crippen LogP contribution >= 0.6 is 0 Å². The molecule has 0 bridgehead atoms. The van der Waals surface area contributed by atoms with E-state index in [2.05, 4.69) is 10.4 Å². The number of hydrogen-bond acceptors (Lipinski definition) is 5. The van der Waals surface area contributed by atoms with Crippen molar-refractivity contribution in [1.29, 1.82) is 0 Å². The summed E-state index contributed by atoms with van der Waals surface area (Å²) in [6.45, 7) is 4.33. The number of carbonyl (C=O) groups is 1. The summed E-state index contributed by atoms with van der Waals surface area (Å²) in [6.07, 6.45) is 1.51. The lowest BCUT2D eigenvalue weighted by Crippen LogP contribution is -2.31. The van der Waals surface area contributed by atoms with Crippen LogP contribution in [0.25, 0.3) is 5.69 Å². The lowest BCUT2D eigenvalue weighted by molar-refractivity contribution is 0.0939. The quantitative estimate of drug-likeness (QED) is 0.736. The van der Waals surface area contributed by atoms with Crippen molar-refractivity contribution in [2.24, 2.45) is 0 Å². The molecule has 0 atom stereocenters. The summed E-state index contributed by atoms with van der Waals surface area (Å²) in [5.41, 5.74) is 1.07. The first-order valence-corrected chi connectivity index (χ1v) is 8.23. The van der Waals surface area contributed by atoms with Crippen LogP contribution in [0.3, 0.4) is 0 Å². The van der Waals surface area contributed by atoms with Gasteiger partial charge in [0.1, 0.15) is 5.76 Å². The first kappa shape index (κ1) is 17.5. The SMILES string of the molecule is CCOc1cc(=O)c(C(=O)NCc2ccco2)nn1-c1ccc(C)cc1. The maximum atomic E-state index is 12.4. The predicted octanol–water partition coefficient (Wildman–Crippen LogP) is 2.46. The average molecular weight is 353 g/mol. The van der Waals surface area contributed by atoms with Crippen LogP contribution in [-0.4, -0.2) is 22.3 Å². The summed E-state index contributed by atoms with van der Waals surface area (Å²) in [5.74, 6) is 0.294. The fraction of sp³-hybridized carbons (Fsp3) is 0.211. The van der Waals surface area contributed by atoms with Gasteiger partial charge >= 0.3 is 0 Å². The highest BCUT2D eigenvalue weighted by molar-refractivity contribution is 5.92. The molecule has 26 heavy (non-hydrogen) atoms. The number of benzene rings is 1. The Bertz CT molecular complexity index is 944. The van der Waals surface area contributed by atoms with Gasteiger partial charge in [0.25, 0.3) is 5.91 Å². The van der Waals surface area contributed by atoms with E-state index in [1.54, 1.807) is 12.1 Å². The smallest absolute Gasteiger partial charge is 0.276 e. The van der Waals surface area contributed by atoms with E-state index in [1.807, 2.05) is 38.1 Å². The van der Waals surface area contributed by atoms with Crippen LogP contribution in [0.1, 0.15) is 28.7 Å². The first-order valence-electron chi connectivity index (χ1n) is 8.23. The molecule has 2 heterocycles. The Balaban J connectivity index is 1.95. The molecule has 0 spiro atoms. The minimum atomic E-state index is -0.574. The third-order valence-electron chi connectivity index (χ3n) is 3.69. The molecular formula is C19H19N3O4. The highest BCUT2D eigenvalue weighted by Gasteiger charge is 2.17. The molecule has 1 aromatic carbocycles. The summed E-state index contributed by atoms with van der Waals surface area (Å²) in [6, 6.07) is 12.3. The molecule has 0 aliphatic rings. The van der Waals surface area contributed by atoms with E-state index >= 15 is 0 Å². The molecule has 3 aromatic rings. The zero-order valence-electron chi connectivity index (χ0n) is 14.6. The Morgan fingerprint density at radius 2 is 2.04 bits per heavy atom. The van der Waals surface area contributed by atoms with E-state index in [1.165, 1.54) is 17.0 Å². The summed E-state index contributed by atoms with van der Waals surface area (Å²) >= 11 is 0. The van der Waals surface area contributed by atoms with Crippen LogP contribution in [0.5, 0.6) is 5.88 Å². The molecule has 134 valence electrons. The Labute approximate surface area is 150 Å². The molecule has 7 nitrogen and oxygen atoms in total. The second-order valence-electron chi connectivity index (χ2n) is 5.64. The third kappa shape index (κ3) is 3.83. The van der Waals surface area contributed by atoms with Gasteiger partial charge in [0.15, 0.2) is 5.69 Å². The zero-order valence-corrected chi connectivity index (χ0v) is 14.6. The minimum absolute atomic E-state index is 0.171. The monoisotopic (exact) mass is 353 g/mol. The summed E-state index contributed by atoms with van der Waals surface area (Å²) in [7, 11) is 0. The fourth-order valence-corrected chi connectivity index (χ4v) is 2.38. The van der Waals surface area contributed by atoms with Crippen molar-refractivity contribution < 1.29 is 13.9 Å². The number of nitrogens with zero attached hydrogens (tertiary/aromatic N) is 2. The predicted molar refractivity (Wildman–Crippen MR) is 95.6 cm³/mol. The van der Waals surface area contributed by atoms with Crippen LogP contribution in [0.4, 0.5) is 0 Å². The minimum Gasteiger partial charge on any atom is -0.478 e. The number of amides is 1.